The van der Waals surface area contributed by atoms with Gasteiger partial charge in [0.15, 0.2) is 0 Å². The minimum absolute atomic E-state index is 0.277. The van der Waals surface area contributed by atoms with E-state index in [4.69, 9.17) is 4.74 Å². The van der Waals surface area contributed by atoms with Gasteiger partial charge in [0.1, 0.15) is 5.75 Å². The van der Waals surface area contributed by atoms with Gasteiger partial charge in [-0.3, -0.25) is 0 Å². The molecule has 0 saturated heterocycles. The van der Waals surface area contributed by atoms with Gasteiger partial charge in [-0.15, -0.1) is 0 Å². The Labute approximate surface area is 132 Å². The number of hydrogen-bond acceptors (Lipinski definition) is 2. The second-order valence-corrected chi connectivity index (χ2v) is 7.50. The monoisotopic (exact) mass is 341 g/mol. The first-order valence-electron chi connectivity index (χ1n) is 7.37. The Hall–Kier alpha value is -0.540. The van der Waals surface area contributed by atoms with Crippen LogP contribution in [0.4, 0.5) is 0 Å². The van der Waals surface area contributed by atoms with Crippen LogP contribution in [0.2, 0.25) is 0 Å². The third-order valence-electron chi connectivity index (χ3n) is 3.45. The highest BCUT2D eigenvalue weighted by Crippen LogP contribution is 2.31. The molecule has 0 spiro atoms. The lowest BCUT2D eigenvalue weighted by Crippen LogP contribution is -2.26. The van der Waals surface area contributed by atoms with Gasteiger partial charge in [0.05, 0.1) is 7.11 Å². The molecule has 0 aromatic heterocycles. The Kier molecular flexibility index (Phi) is 7.04. The van der Waals surface area contributed by atoms with Crippen molar-refractivity contribution in [2.75, 3.05) is 20.2 Å². The predicted molar refractivity (Wildman–Crippen MR) is 90.5 cm³/mol. The van der Waals surface area contributed by atoms with E-state index >= 15 is 0 Å². The second kappa shape index (κ2) is 8.04. The van der Waals surface area contributed by atoms with Crippen LogP contribution in [0.25, 0.3) is 0 Å². The molecule has 0 bridgehead atoms. The van der Waals surface area contributed by atoms with Crippen molar-refractivity contribution in [1.82, 2.24) is 5.32 Å². The molecule has 114 valence electrons. The van der Waals surface area contributed by atoms with Crippen LogP contribution in [0, 0.1) is 11.3 Å². The zero-order chi connectivity index (χ0) is 15.2. The molecule has 0 amide bonds. The van der Waals surface area contributed by atoms with Gasteiger partial charge in [0.2, 0.25) is 0 Å². The molecule has 3 heteroatoms. The molecule has 0 atom stereocenters. The van der Waals surface area contributed by atoms with Crippen molar-refractivity contribution in [3.63, 3.8) is 0 Å². The summed E-state index contributed by atoms with van der Waals surface area (Å²) < 4.78 is 6.48. The van der Waals surface area contributed by atoms with Gasteiger partial charge in [-0.2, -0.15) is 0 Å². The molecule has 0 aliphatic heterocycles. The Morgan fingerprint density at radius 2 is 2.00 bits per heavy atom. The van der Waals surface area contributed by atoms with Crippen LogP contribution in [0.3, 0.4) is 0 Å². The number of methoxy groups -OCH3 is 1. The molecule has 1 rings (SSSR count). The largest absolute Gasteiger partial charge is 0.497 e. The summed E-state index contributed by atoms with van der Waals surface area (Å²) >= 11 is 3.64. The Morgan fingerprint density at radius 1 is 1.30 bits per heavy atom. The molecule has 0 radical (unpaired) electrons. The van der Waals surface area contributed by atoms with Gasteiger partial charge in [-0.1, -0.05) is 43.6 Å². The fraction of sp³-hybridized carbons (Fsp3) is 0.647. The first kappa shape index (κ1) is 17.5. The lowest BCUT2D eigenvalue weighted by molar-refractivity contribution is 0.321. The van der Waals surface area contributed by atoms with Crippen LogP contribution in [-0.2, 0) is 6.42 Å². The van der Waals surface area contributed by atoms with E-state index < -0.39 is 0 Å². The number of hydrogen-bond donors (Lipinski definition) is 1. The minimum Gasteiger partial charge on any atom is -0.497 e. The van der Waals surface area contributed by atoms with Crippen LogP contribution < -0.4 is 10.1 Å². The van der Waals surface area contributed by atoms with E-state index in [1.54, 1.807) is 7.11 Å². The number of rotatable bonds is 8. The van der Waals surface area contributed by atoms with Gasteiger partial charge in [0, 0.05) is 4.47 Å². The maximum atomic E-state index is 5.32. The van der Waals surface area contributed by atoms with Crippen molar-refractivity contribution in [1.29, 1.82) is 0 Å². The van der Waals surface area contributed by atoms with E-state index in [1.807, 2.05) is 6.07 Å². The quantitative estimate of drug-likeness (QED) is 0.694. The number of ether oxygens (including phenoxy) is 1. The fourth-order valence-corrected chi connectivity index (χ4v) is 2.62. The summed E-state index contributed by atoms with van der Waals surface area (Å²) in [7, 11) is 1.72. The van der Waals surface area contributed by atoms with Gasteiger partial charge in [-0.25, -0.2) is 0 Å². The SMILES string of the molecule is COc1ccc(Br)c(CC(C)(C)CCNCC(C)C)c1. The van der Waals surface area contributed by atoms with E-state index in [1.165, 1.54) is 16.5 Å². The molecular weight excluding hydrogens is 314 g/mol. The summed E-state index contributed by atoms with van der Waals surface area (Å²) in [5.41, 5.74) is 1.59. The topological polar surface area (TPSA) is 21.3 Å². The van der Waals surface area contributed by atoms with Crippen molar-refractivity contribution >= 4 is 15.9 Å². The molecule has 0 aliphatic rings. The first-order valence-corrected chi connectivity index (χ1v) is 8.16. The highest BCUT2D eigenvalue weighted by atomic mass is 79.9. The normalized spacial score (nSPS) is 11.9. The van der Waals surface area contributed by atoms with Gasteiger partial charge in [0.25, 0.3) is 0 Å². The summed E-state index contributed by atoms with van der Waals surface area (Å²) in [6.45, 7) is 11.3. The average molecular weight is 342 g/mol. The summed E-state index contributed by atoms with van der Waals surface area (Å²) in [5, 5.41) is 3.53. The van der Waals surface area contributed by atoms with Crippen LogP contribution in [0.5, 0.6) is 5.75 Å². The van der Waals surface area contributed by atoms with Crippen molar-refractivity contribution < 1.29 is 4.74 Å². The van der Waals surface area contributed by atoms with Crippen molar-refractivity contribution in [3.05, 3.63) is 28.2 Å². The zero-order valence-corrected chi connectivity index (χ0v) is 15.0. The molecule has 0 unspecified atom stereocenters. The summed E-state index contributed by atoms with van der Waals surface area (Å²) in [6.07, 6.45) is 2.22. The van der Waals surface area contributed by atoms with Crippen LogP contribution >= 0.6 is 15.9 Å². The van der Waals surface area contributed by atoms with E-state index in [0.717, 1.165) is 25.3 Å². The highest BCUT2D eigenvalue weighted by molar-refractivity contribution is 9.10. The average Bonchev–Trinajstić information content (AvgIpc) is 2.37. The number of nitrogens with one attached hydrogen (secondary N) is 1. The summed E-state index contributed by atoms with van der Waals surface area (Å²) in [6, 6.07) is 6.19. The molecule has 20 heavy (non-hydrogen) atoms. The smallest absolute Gasteiger partial charge is 0.119 e. The summed E-state index contributed by atoms with van der Waals surface area (Å²) in [5.74, 6) is 1.64. The zero-order valence-electron chi connectivity index (χ0n) is 13.4. The van der Waals surface area contributed by atoms with Crippen molar-refractivity contribution in [3.8, 4) is 5.75 Å². The molecule has 0 saturated carbocycles. The maximum Gasteiger partial charge on any atom is 0.119 e. The lowest BCUT2D eigenvalue weighted by atomic mass is 9.82. The van der Waals surface area contributed by atoms with E-state index in [2.05, 4.69) is 61.1 Å². The highest BCUT2D eigenvalue weighted by Gasteiger charge is 2.19. The standard InChI is InChI=1S/C17H28BrNO/c1-13(2)12-19-9-8-17(3,4)11-14-10-15(20-5)6-7-16(14)18/h6-7,10,13,19H,8-9,11-12H2,1-5H3. The molecule has 1 aromatic carbocycles. The second-order valence-electron chi connectivity index (χ2n) is 6.65. The Balaban J connectivity index is 2.56. The molecule has 1 N–H and O–H groups in total. The first-order chi connectivity index (χ1) is 9.34. The van der Waals surface area contributed by atoms with Crippen LogP contribution in [-0.4, -0.2) is 20.2 Å². The minimum atomic E-state index is 0.277. The van der Waals surface area contributed by atoms with Gasteiger partial charge >= 0.3 is 0 Å². The van der Waals surface area contributed by atoms with Crippen molar-refractivity contribution in [2.45, 2.75) is 40.5 Å². The molecule has 0 fully saturated rings. The third-order valence-corrected chi connectivity index (χ3v) is 4.23. The van der Waals surface area contributed by atoms with Crippen LogP contribution in [0.1, 0.15) is 39.7 Å². The number of halogens is 1. The molecule has 2 nitrogen and oxygen atoms in total. The van der Waals surface area contributed by atoms with E-state index in [9.17, 15) is 0 Å². The maximum absolute atomic E-state index is 5.32. The Morgan fingerprint density at radius 3 is 2.60 bits per heavy atom. The molecule has 0 heterocycles. The predicted octanol–water partition coefficient (Wildman–Crippen LogP) is 4.66. The van der Waals surface area contributed by atoms with Gasteiger partial charge in [-0.05, 0) is 61.0 Å². The molecular formula is C17H28BrNO. The van der Waals surface area contributed by atoms with Crippen LogP contribution in [0.15, 0.2) is 22.7 Å². The number of benzene rings is 1. The van der Waals surface area contributed by atoms with E-state index in [-0.39, 0.29) is 5.41 Å². The van der Waals surface area contributed by atoms with Gasteiger partial charge < -0.3 is 10.1 Å². The fourth-order valence-electron chi connectivity index (χ4n) is 2.24. The third kappa shape index (κ3) is 6.27. The van der Waals surface area contributed by atoms with E-state index in [0.29, 0.717) is 5.92 Å². The Bertz CT molecular complexity index is 415. The summed E-state index contributed by atoms with van der Waals surface area (Å²) in [4.78, 5) is 0. The molecule has 0 aliphatic carbocycles. The molecule has 1 aromatic rings. The lowest BCUT2D eigenvalue weighted by Gasteiger charge is -2.26. The van der Waals surface area contributed by atoms with Crippen molar-refractivity contribution in [2.24, 2.45) is 11.3 Å².